The Balaban J connectivity index is 1.64. The van der Waals surface area contributed by atoms with Crippen molar-refractivity contribution in [3.05, 3.63) is 99.6 Å². The lowest BCUT2D eigenvalue weighted by Gasteiger charge is -2.27. The Kier molecular flexibility index (Phi) is 5.83. The molecule has 2 amide bonds. The first-order valence-electron chi connectivity index (χ1n) is 9.66. The number of fused-ring (bicyclic) bond motifs is 1. The molecule has 160 valence electrons. The van der Waals surface area contributed by atoms with Gasteiger partial charge in [0.05, 0.1) is 16.3 Å². The molecular formula is C24H17ClFN3O3. The fourth-order valence-corrected chi connectivity index (χ4v) is 3.48. The van der Waals surface area contributed by atoms with Gasteiger partial charge in [-0.1, -0.05) is 23.7 Å². The molecule has 1 aliphatic rings. The monoisotopic (exact) mass is 449 g/mol. The van der Waals surface area contributed by atoms with E-state index in [4.69, 9.17) is 11.6 Å². The van der Waals surface area contributed by atoms with Crippen molar-refractivity contribution in [2.75, 3.05) is 11.9 Å². The van der Waals surface area contributed by atoms with Crippen molar-refractivity contribution in [2.24, 2.45) is 0 Å². The minimum absolute atomic E-state index is 0.0575. The number of likely N-dealkylation sites (N-methyl/N-ethyl adjacent to an activating group) is 1. The summed E-state index contributed by atoms with van der Waals surface area (Å²) in [5.41, 5.74) is 1.91. The Morgan fingerprint density at radius 2 is 2.00 bits per heavy atom. The van der Waals surface area contributed by atoms with Crippen LogP contribution in [-0.4, -0.2) is 29.6 Å². The average Bonchev–Trinajstić information content (AvgIpc) is 2.81. The molecular weight excluding hydrogens is 433 g/mol. The molecule has 2 heterocycles. The summed E-state index contributed by atoms with van der Waals surface area (Å²) < 4.78 is 13.8. The van der Waals surface area contributed by atoms with Crippen LogP contribution in [0.3, 0.4) is 0 Å². The maximum Gasteiger partial charge on any atom is 0.262 e. The highest BCUT2D eigenvalue weighted by atomic mass is 35.5. The number of rotatable bonds is 4. The molecule has 3 aromatic rings. The van der Waals surface area contributed by atoms with Crippen LogP contribution in [0.15, 0.2) is 66.5 Å². The first kappa shape index (κ1) is 21.4. The number of hydrogen-bond acceptors (Lipinski definition) is 4. The lowest BCUT2D eigenvalue weighted by atomic mass is 9.92. The third-order valence-corrected chi connectivity index (χ3v) is 5.38. The number of hydrogen-bond donors (Lipinski definition) is 1. The molecule has 2 aromatic carbocycles. The number of halogens is 2. The highest BCUT2D eigenvalue weighted by molar-refractivity contribution is 6.36. The predicted molar refractivity (Wildman–Crippen MR) is 119 cm³/mol. The number of carbonyl (C=O) groups is 3. The van der Waals surface area contributed by atoms with Gasteiger partial charge in [0, 0.05) is 37.1 Å². The molecule has 0 unspecified atom stereocenters. The Morgan fingerprint density at radius 3 is 2.72 bits per heavy atom. The second-order valence-electron chi connectivity index (χ2n) is 7.20. The Hall–Kier alpha value is -3.84. The zero-order valence-corrected chi connectivity index (χ0v) is 17.7. The number of amides is 2. The number of nitrogens with zero attached hydrogens (tertiary/aromatic N) is 2. The van der Waals surface area contributed by atoms with Crippen molar-refractivity contribution in [3.8, 4) is 0 Å². The number of anilines is 1. The summed E-state index contributed by atoms with van der Waals surface area (Å²) in [6, 6.07) is 12.2. The maximum absolute atomic E-state index is 13.8. The van der Waals surface area contributed by atoms with E-state index in [9.17, 15) is 18.8 Å². The number of Topliss-reactive ketones (excluding diaryl/α,β-unsaturated/α-hetero) is 1. The van der Waals surface area contributed by atoms with Crippen molar-refractivity contribution in [1.29, 1.82) is 0 Å². The SMILES string of the molecule is CN1C(=O)C(=Cc2ccc(Cl)c(F)c2)C(=O)c2cc(C(=O)NCc3cccnc3)ccc21. The number of carbonyl (C=O) groups excluding carboxylic acids is 3. The smallest absolute Gasteiger partial charge is 0.262 e. The third kappa shape index (κ3) is 4.15. The Morgan fingerprint density at radius 1 is 1.19 bits per heavy atom. The summed E-state index contributed by atoms with van der Waals surface area (Å²) in [6.07, 6.45) is 4.61. The maximum atomic E-state index is 13.8. The van der Waals surface area contributed by atoms with Crippen molar-refractivity contribution < 1.29 is 18.8 Å². The molecule has 0 bridgehead atoms. The van der Waals surface area contributed by atoms with Gasteiger partial charge in [0.25, 0.3) is 11.8 Å². The topological polar surface area (TPSA) is 79.4 Å². The normalized spacial score (nSPS) is 14.5. The third-order valence-electron chi connectivity index (χ3n) is 5.07. The quantitative estimate of drug-likeness (QED) is 0.481. The van der Waals surface area contributed by atoms with Crippen LogP contribution in [0.4, 0.5) is 10.1 Å². The molecule has 1 N–H and O–H groups in total. The molecule has 0 saturated heterocycles. The molecule has 0 aliphatic carbocycles. The number of ketones is 1. The lowest BCUT2D eigenvalue weighted by Crippen LogP contribution is -2.37. The minimum atomic E-state index is -0.655. The molecule has 32 heavy (non-hydrogen) atoms. The molecule has 0 radical (unpaired) electrons. The van der Waals surface area contributed by atoms with Crippen LogP contribution in [0.5, 0.6) is 0 Å². The Bertz CT molecular complexity index is 1270. The number of benzene rings is 2. The second kappa shape index (κ2) is 8.72. The van der Waals surface area contributed by atoms with Gasteiger partial charge in [0.15, 0.2) is 0 Å². The van der Waals surface area contributed by atoms with Gasteiger partial charge in [0.2, 0.25) is 5.78 Å². The summed E-state index contributed by atoms with van der Waals surface area (Å²) in [5, 5.41) is 2.72. The summed E-state index contributed by atoms with van der Waals surface area (Å²) in [6.45, 7) is 0.281. The second-order valence-corrected chi connectivity index (χ2v) is 7.61. The van der Waals surface area contributed by atoms with Gasteiger partial charge in [-0.25, -0.2) is 4.39 Å². The molecule has 0 fully saturated rings. The van der Waals surface area contributed by atoms with E-state index in [0.29, 0.717) is 11.3 Å². The van der Waals surface area contributed by atoms with Crippen LogP contribution in [0.1, 0.15) is 31.8 Å². The largest absolute Gasteiger partial charge is 0.348 e. The van der Waals surface area contributed by atoms with Crippen molar-refractivity contribution >= 4 is 41.0 Å². The van der Waals surface area contributed by atoms with Gasteiger partial charge in [-0.05, 0) is 53.6 Å². The molecule has 1 aromatic heterocycles. The van der Waals surface area contributed by atoms with E-state index >= 15 is 0 Å². The van der Waals surface area contributed by atoms with Gasteiger partial charge >= 0.3 is 0 Å². The highest BCUT2D eigenvalue weighted by Gasteiger charge is 2.33. The van der Waals surface area contributed by atoms with E-state index < -0.39 is 17.5 Å². The van der Waals surface area contributed by atoms with E-state index in [1.807, 2.05) is 6.07 Å². The van der Waals surface area contributed by atoms with E-state index in [-0.39, 0.29) is 34.2 Å². The molecule has 1 aliphatic heterocycles. The van der Waals surface area contributed by atoms with E-state index in [0.717, 1.165) is 11.6 Å². The van der Waals surface area contributed by atoms with Gasteiger partial charge < -0.3 is 10.2 Å². The number of nitrogens with one attached hydrogen (secondary N) is 1. The van der Waals surface area contributed by atoms with E-state index in [2.05, 4.69) is 10.3 Å². The summed E-state index contributed by atoms with van der Waals surface area (Å²) in [4.78, 5) is 43.8. The zero-order valence-electron chi connectivity index (χ0n) is 16.9. The van der Waals surface area contributed by atoms with Crippen LogP contribution >= 0.6 is 11.6 Å². The molecule has 8 heteroatoms. The van der Waals surface area contributed by atoms with Crippen LogP contribution in [0.25, 0.3) is 6.08 Å². The minimum Gasteiger partial charge on any atom is -0.348 e. The van der Waals surface area contributed by atoms with Crippen molar-refractivity contribution in [3.63, 3.8) is 0 Å². The molecule has 6 nitrogen and oxygen atoms in total. The molecule has 0 spiro atoms. The van der Waals surface area contributed by atoms with Gasteiger partial charge in [-0.3, -0.25) is 19.4 Å². The molecule has 0 atom stereocenters. The van der Waals surface area contributed by atoms with E-state index in [1.54, 1.807) is 30.6 Å². The predicted octanol–water partition coefficient (Wildman–Crippen LogP) is 4.05. The molecule has 0 saturated carbocycles. The number of pyridine rings is 1. The van der Waals surface area contributed by atoms with E-state index in [1.165, 1.54) is 36.2 Å². The standard InChI is InChI=1S/C24H17ClFN3O3/c1-29-21-7-5-16(23(31)28-13-15-3-2-8-27-12-15)11-17(21)22(30)18(24(29)32)9-14-4-6-19(25)20(26)10-14/h2-12H,13H2,1H3,(H,28,31). The van der Waals surface area contributed by atoms with Crippen LogP contribution in [-0.2, 0) is 11.3 Å². The average molecular weight is 450 g/mol. The fourth-order valence-electron chi connectivity index (χ4n) is 3.37. The van der Waals surface area contributed by atoms with Crippen LogP contribution in [0, 0.1) is 5.82 Å². The first-order valence-corrected chi connectivity index (χ1v) is 10.0. The fraction of sp³-hybridized carbons (Fsp3) is 0.0833. The lowest BCUT2D eigenvalue weighted by molar-refractivity contribution is -0.114. The summed E-state index contributed by atoms with van der Waals surface area (Å²) >= 11 is 5.70. The van der Waals surface area contributed by atoms with Crippen molar-refractivity contribution in [1.82, 2.24) is 10.3 Å². The van der Waals surface area contributed by atoms with Crippen molar-refractivity contribution in [2.45, 2.75) is 6.54 Å². The highest BCUT2D eigenvalue weighted by Crippen LogP contribution is 2.31. The first-order chi connectivity index (χ1) is 15.3. The zero-order chi connectivity index (χ0) is 22.8. The van der Waals surface area contributed by atoms with Crippen LogP contribution in [0.2, 0.25) is 5.02 Å². The van der Waals surface area contributed by atoms with Gasteiger partial charge in [0.1, 0.15) is 5.82 Å². The van der Waals surface area contributed by atoms with Gasteiger partial charge in [-0.2, -0.15) is 0 Å². The number of aromatic nitrogens is 1. The summed E-state index contributed by atoms with van der Waals surface area (Å²) in [5.74, 6) is -2.08. The Labute approximate surface area is 188 Å². The van der Waals surface area contributed by atoms with Gasteiger partial charge in [-0.15, -0.1) is 0 Å². The van der Waals surface area contributed by atoms with Crippen LogP contribution < -0.4 is 10.2 Å². The summed E-state index contributed by atoms with van der Waals surface area (Å²) in [7, 11) is 1.53. The molecule has 4 rings (SSSR count).